The van der Waals surface area contributed by atoms with Crippen LogP contribution in [-0.2, 0) is 0 Å². The summed E-state index contributed by atoms with van der Waals surface area (Å²) in [7, 11) is 0. The molecule has 0 saturated carbocycles. The molecule has 0 amide bonds. The predicted octanol–water partition coefficient (Wildman–Crippen LogP) is 2.28. The van der Waals surface area contributed by atoms with Gasteiger partial charge in [-0.3, -0.25) is 0 Å². The molecule has 0 radical (unpaired) electrons. The number of rotatable bonds is 1. The molecule has 0 bridgehead atoms. The van der Waals surface area contributed by atoms with E-state index in [-0.39, 0.29) is 11.4 Å². The minimum atomic E-state index is -0.334. The molecule has 1 aromatic carbocycles. The first-order valence-electron chi connectivity index (χ1n) is 5.23. The van der Waals surface area contributed by atoms with E-state index in [4.69, 9.17) is 23.2 Å². The van der Waals surface area contributed by atoms with Gasteiger partial charge in [0.25, 0.3) is 0 Å². The van der Waals surface area contributed by atoms with Crippen LogP contribution in [0.2, 0.25) is 10.0 Å². The normalized spacial score (nSPS) is 20.7. The van der Waals surface area contributed by atoms with Gasteiger partial charge in [0.1, 0.15) is 0 Å². The third-order valence-electron chi connectivity index (χ3n) is 2.67. The highest BCUT2D eigenvalue weighted by Gasteiger charge is 2.36. The molecule has 0 aliphatic carbocycles. The van der Waals surface area contributed by atoms with E-state index in [1.54, 1.807) is 29.1 Å². The van der Waals surface area contributed by atoms with Crippen molar-refractivity contribution in [1.82, 2.24) is 0 Å². The fourth-order valence-corrected chi connectivity index (χ4v) is 2.20. The van der Waals surface area contributed by atoms with Gasteiger partial charge in [-0.2, -0.15) is 0 Å². The molecular formula is C12H12Cl2N2O. The Morgan fingerprint density at radius 3 is 2.41 bits per heavy atom. The molecule has 1 aliphatic rings. The zero-order chi connectivity index (χ0) is 12.6. The Kier molecular flexibility index (Phi) is 3.15. The summed E-state index contributed by atoms with van der Waals surface area (Å²) in [6.45, 7) is 3.89. The Morgan fingerprint density at radius 1 is 1.35 bits per heavy atom. The lowest BCUT2D eigenvalue weighted by Crippen LogP contribution is -2.31. The largest absolute Gasteiger partial charge is 0.857 e. The Morgan fingerprint density at radius 2 is 1.94 bits per heavy atom. The van der Waals surface area contributed by atoms with Crippen LogP contribution in [-0.4, -0.2) is 22.3 Å². The number of hydrogen-bond acceptors (Lipinski definition) is 2. The van der Waals surface area contributed by atoms with Crippen molar-refractivity contribution in [2.45, 2.75) is 25.8 Å². The smallest absolute Gasteiger partial charge is 0.206 e. The van der Waals surface area contributed by atoms with Crippen molar-refractivity contribution in [2.75, 3.05) is 0 Å². The zero-order valence-corrected chi connectivity index (χ0v) is 11.1. The summed E-state index contributed by atoms with van der Waals surface area (Å²) in [5, 5.41) is 16.4. The molecule has 1 aliphatic heterocycles. The number of benzene rings is 1. The van der Waals surface area contributed by atoms with Crippen molar-refractivity contribution in [3.8, 4) is 0 Å². The van der Waals surface area contributed by atoms with Crippen LogP contribution in [0, 0.1) is 0 Å². The summed E-state index contributed by atoms with van der Waals surface area (Å²) in [6.07, 6.45) is 2.11. The van der Waals surface area contributed by atoms with Crippen LogP contribution >= 0.6 is 23.2 Å². The highest BCUT2D eigenvalue weighted by molar-refractivity contribution is 6.38. The zero-order valence-electron chi connectivity index (χ0n) is 9.58. The second-order valence-electron chi connectivity index (χ2n) is 4.59. The molecule has 3 nitrogen and oxygen atoms in total. The molecule has 0 unspecified atom stereocenters. The summed E-state index contributed by atoms with van der Waals surface area (Å²) in [5.74, 6) is -0.130. The lowest BCUT2D eigenvalue weighted by Gasteiger charge is -2.11. The first kappa shape index (κ1) is 12.4. The molecule has 90 valence electrons. The van der Waals surface area contributed by atoms with Gasteiger partial charge in [-0.25, -0.2) is 0 Å². The minimum Gasteiger partial charge on any atom is -0.857 e. The molecular weight excluding hydrogens is 259 g/mol. The third kappa shape index (κ3) is 2.45. The summed E-state index contributed by atoms with van der Waals surface area (Å²) in [4.78, 5) is 0. The lowest BCUT2D eigenvalue weighted by molar-refractivity contribution is -0.591. The van der Waals surface area contributed by atoms with Gasteiger partial charge in [0, 0.05) is 26.2 Å². The second kappa shape index (κ2) is 4.31. The molecule has 0 saturated heterocycles. The van der Waals surface area contributed by atoms with Crippen molar-refractivity contribution in [2.24, 2.45) is 5.10 Å². The first-order chi connectivity index (χ1) is 7.90. The van der Waals surface area contributed by atoms with Crippen LogP contribution in [0.3, 0.4) is 0 Å². The molecule has 1 heterocycles. The van der Waals surface area contributed by atoms with Gasteiger partial charge >= 0.3 is 0 Å². The van der Waals surface area contributed by atoms with E-state index in [1.165, 1.54) is 0 Å². The number of nitrogens with zero attached hydrogens (tertiary/aromatic N) is 2. The van der Waals surface area contributed by atoms with Crippen molar-refractivity contribution in [3.05, 3.63) is 33.8 Å². The average Bonchev–Trinajstić information content (AvgIpc) is 2.45. The van der Waals surface area contributed by atoms with Crippen molar-refractivity contribution < 1.29 is 9.79 Å². The summed E-state index contributed by atoms with van der Waals surface area (Å²) in [5.41, 5.74) is 0.349. The number of halogens is 2. The molecule has 17 heavy (non-hydrogen) atoms. The maximum atomic E-state index is 11.3. The van der Waals surface area contributed by atoms with Crippen LogP contribution < -0.4 is 5.11 Å². The van der Waals surface area contributed by atoms with E-state index in [2.05, 4.69) is 5.10 Å². The Balaban J connectivity index is 2.50. The SMILES string of the molecule is CC1(C)CC([O-])=N/[N+]1=C\c1c(Cl)cccc1Cl. The standard InChI is InChI=1S/C12H12Cl2N2O/c1-12(2)6-11(17)15-16(12)7-8-9(13)4-3-5-10(8)14/h3-5,7H,6H2,1-2H3/b16-7-. The van der Waals surface area contributed by atoms with E-state index in [0.717, 1.165) is 0 Å². The van der Waals surface area contributed by atoms with Crippen molar-refractivity contribution in [3.63, 3.8) is 0 Å². The molecule has 0 fully saturated rings. The molecule has 5 heteroatoms. The quantitative estimate of drug-likeness (QED) is 0.722. The third-order valence-corrected chi connectivity index (χ3v) is 3.33. The molecule has 0 spiro atoms. The minimum absolute atomic E-state index is 0.130. The Labute approximate surface area is 110 Å². The van der Waals surface area contributed by atoms with Gasteiger partial charge in [-0.1, -0.05) is 34.0 Å². The molecule has 2 rings (SSSR count). The summed E-state index contributed by atoms with van der Waals surface area (Å²) in [6, 6.07) is 5.29. The maximum absolute atomic E-state index is 11.3. The van der Waals surface area contributed by atoms with Crippen LogP contribution in [0.25, 0.3) is 0 Å². The monoisotopic (exact) mass is 270 g/mol. The van der Waals surface area contributed by atoms with E-state index < -0.39 is 0 Å². The first-order valence-corrected chi connectivity index (χ1v) is 5.98. The molecule has 0 aromatic heterocycles. The fourth-order valence-electron chi connectivity index (χ4n) is 1.70. The van der Waals surface area contributed by atoms with E-state index in [0.29, 0.717) is 22.0 Å². The van der Waals surface area contributed by atoms with Gasteiger partial charge in [-0.15, -0.1) is 0 Å². The van der Waals surface area contributed by atoms with Gasteiger partial charge in [0.15, 0.2) is 5.54 Å². The average molecular weight is 271 g/mol. The van der Waals surface area contributed by atoms with Crippen molar-refractivity contribution in [1.29, 1.82) is 0 Å². The summed E-state index contributed by atoms with van der Waals surface area (Å²) >= 11 is 12.1. The molecule has 0 atom stereocenters. The van der Waals surface area contributed by atoms with Gasteiger partial charge in [-0.05, 0) is 17.2 Å². The van der Waals surface area contributed by atoms with Gasteiger partial charge < -0.3 is 5.11 Å². The van der Waals surface area contributed by atoms with Gasteiger partial charge in [0.05, 0.1) is 15.6 Å². The van der Waals surface area contributed by atoms with E-state index in [9.17, 15) is 5.11 Å². The fraction of sp³-hybridized carbons (Fsp3) is 0.333. The van der Waals surface area contributed by atoms with E-state index >= 15 is 0 Å². The number of hydrazone groups is 1. The summed E-state index contributed by atoms with van der Waals surface area (Å²) < 4.78 is 1.63. The van der Waals surface area contributed by atoms with Crippen LogP contribution in [0.4, 0.5) is 0 Å². The number of hydrogen-bond donors (Lipinski definition) is 0. The Bertz CT molecular complexity index is 501. The lowest BCUT2D eigenvalue weighted by atomic mass is 10.0. The predicted molar refractivity (Wildman–Crippen MR) is 68.0 cm³/mol. The Hall–Kier alpha value is -1.06. The van der Waals surface area contributed by atoms with Crippen LogP contribution in [0.1, 0.15) is 25.8 Å². The topological polar surface area (TPSA) is 38.4 Å². The molecule has 1 aromatic rings. The second-order valence-corrected chi connectivity index (χ2v) is 5.41. The van der Waals surface area contributed by atoms with Crippen molar-refractivity contribution >= 4 is 35.3 Å². The highest BCUT2D eigenvalue weighted by atomic mass is 35.5. The molecule has 0 N–H and O–H groups in total. The van der Waals surface area contributed by atoms with E-state index in [1.807, 2.05) is 13.8 Å². The van der Waals surface area contributed by atoms with Crippen LogP contribution in [0.5, 0.6) is 0 Å². The van der Waals surface area contributed by atoms with Gasteiger partial charge in [0.2, 0.25) is 6.21 Å². The maximum Gasteiger partial charge on any atom is 0.206 e. The van der Waals surface area contributed by atoms with Crippen LogP contribution in [0.15, 0.2) is 23.3 Å². The highest BCUT2D eigenvalue weighted by Crippen LogP contribution is 2.25.